The Morgan fingerprint density at radius 2 is 1.85 bits per heavy atom. The molecular weight excluding hydrogens is 350 g/mol. The number of hydrogen-bond donors (Lipinski definition) is 3. The Kier molecular flexibility index (Phi) is 7.00. The number of anilines is 2. The van der Waals surface area contributed by atoms with Gasteiger partial charge in [-0.05, 0) is 31.2 Å². The Morgan fingerprint density at radius 1 is 1.07 bits per heavy atom. The number of carbonyl (C=O) groups excluding carboxylic acids is 3. The predicted octanol–water partition coefficient (Wildman–Crippen LogP) is 1.55. The van der Waals surface area contributed by atoms with Gasteiger partial charge in [0.05, 0.1) is 31.1 Å². The second-order valence-electron chi connectivity index (χ2n) is 5.41. The van der Waals surface area contributed by atoms with Gasteiger partial charge < -0.3 is 15.4 Å². The third-order valence-corrected chi connectivity index (χ3v) is 3.27. The van der Waals surface area contributed by atoms with Gasteiger partial charge in [0.1, 0.15) is 5.75 Å². The van der Waals surface area contributed by atoms with E-state index in [4.69, 9.17) is 4.74 Å². The molecule has 0 saturated carbocycles. The fraction of sp³-hybridized carbons (Fsp3) is 0.167. The molecule has 3 amide bonds. The summed E-state index contributed by atoms with van der Waals surface area (Å²) in [6, 6.07) is 10.1. The van der Waals surface area contributed by atoms with Crippen molar-refractivity contribution in [2.45, 2.75) is 13.3 Å². The number of rotatable bonds is 6. The predicted molar refractivity (Wildman–Crippen MR) is 100 cm³/mol. The van der Waals surface area contributed by atoms with Crippen LogP contribution in [0, 0.1) is 0 Å². The topological polar surface area (TPSA) is 122 Å². The minimum Gasteiger partial charge on any atom is -0.495 e. The standard InChI is InChI=1S/C18H19N5O4/c1-12(10-16(24)20-13-6-5-9-19-11-13)22-23-18(26)17(25)21-14-7-3-4-8-15(14)27-2/h3-9,11H,10H2,1-2H3,(H,20,24)(H,21,25)(H,23,26). The number of nitrogens with one attached hydrogen (secondary N) is 3. The van der Waals surface area contributed by atoms with E-state index in [0.29, 0.717) is 22.8 Å². The van der Waals surface area contributed by atoms with Gasteiger partial charge in [0.15, 0.2) is 0 Å². The Bertz CT molecular complexity index is 852. The van der Waals surface area contributed by atoms with Gasteiger partial charge in [0, 0.05) is 11.9 Å². The van der Waals surface area contributed by atoms with Crippen LogP contribution in [0.5, 0.6) is 5.75 Å². The van der Waals surface area contributed by atoms with Crippen molar-refractivity contribution in [1.29, 1.82) is 0 Å². The summed E-state index contributed by atoms with van der Waals surface area (Å²) in [5.41, 5.74) is 3.35. The molecule has 2 aromatic rings. The highest BCUT2D eigenvalue weighted by atomic mass is 16.5. The molecule has 0 fully saturated rings. The van der Waals surface area contributed by atoms with Gasteiger partial charge >= 0.3 is 11.8 Å². The van der Waals surface area contributed by atoms with Crippen LogP contribution in [0.15, 0.2) is 53.9 Å². The van der Waals surface area contributed by atoms with Gasteiger partial charge in [-0.2, -0.15) is 5.10 Å². The fourth-order valence-corrected chi connectivity index (χ4v) is 2.04. The summed E-state index contributed by atoms with van der Waals surface area (Å²) in [5, 5.41) is 8.83. The molecule has 0 radical (unpaired) electrons. The molecule has 0 bridgehead atoms. The molecule has 9 nitrogen and oxygen atoms in total. The minimum atomic E-state index is -0.965. The van der Waals surface area contributed by atoms with Gasteiger partial charge in [-0.3, -0.25) is 19.4 Å². The highest BCUT2D eigenvalue weighted by molar-refractivity contribution is 6.39. The number of hydrazone groups is 1. The molecule has 140 valence electrons. The largest absolute Gasteiger partial charge is 0.495 e. The van der Waals surface area contributed by atoms with Crippen molar-refractivity contribution in [1.82, 2.24) is 10.4 Å². The number of amides is 3. The molecule has 1 aromatic carbocycles. The summed E-state index contributed by atoms with van der Waals surface area (Å²) >= 11 is 0. The number of carbonyl (C=O) groups is 3. The molecule has 0 aliphatic rings. The van der Waals surface area contributed by atoms with E-state index in [1.54, 1.807) is 49.5 Å². The lowest BCUT2D eigenvalue weighted by Gasteiger charge is -2.09. The molecule has 1 aromatic heterocycles. The highest BCUT2D eigenvalue weighted by Gasteiger charge is 2.15. The smallest absolute Gasteiger partial charge is 0.329 e. The maximum absolute atomic E-state index is 11.9. The molecule has 0 unspecified atom stereocenters. The molecule has 2 rings (SSSR count). The Hall–Kier alpha value is -3.75. The maximum Gasteiger partial charge on any atom is 0.329 e. The molecular formula is C18H19N5O4. The van der Waals surface area contributed by atoms with Crippen molar-refractivity contribution < 1.29 is 19.1 Å². The number of aromatic nitrogens is 1. The van der Waals surface area contributed by atoms with Crippen molar-refractivity contribution in [2.75, 3.05) is 17.7 Å². The van der Waals surface area contributed by atoms with E-state index in [-0.39, 0.29) is 12.3 Å². The first kappa shape index (κ1) is 19.6. The fourth-order valence-electron chi connectivity index (χ4n) is 2.04. The first-order chi connectivity index (χ1) is 13.0. The third kappa shape index (κ3) is 6.24. The summed E-state index contributed by atoms with van der Waals surface area (Å²) in [6.07, 6.45) is 3.05. The second kappa shape index (κ2) is 9.66. The summed E-state index contributed by atoms with van der Waals surface area (Å²) < 4.78 is 5.09. The van der Waals surface area contributed by atoms with Gasteiger partial charge in [0.25, 0.3) is 0 Å². The van der Waals surface area contributed by atoms with E-state index in [0.717, 1.165) is 0 Å². The average molecular weight is 369 g/mol. The van der Waals surface area contributed by atoms with Crippen molar-refractivity contribution >= 4 is 34.8 Å². The van der Waals surface area contributed by atoms with E-state index in [9.17, 15) is 14.4 Å². The Balaban J connectivity index is 1.85. The summed E-state index contributed by atoms with van der Waals surface area (Å²) in [4.78, 5) is 39.5. The van der Waals surface area contributed by atoms with E-state index in [2.05, 4.69) is 26.1 Å². The second-order valence-corrected chi connectivity index (χ2v) is 5.41. The van der Waals surface area contributed by atoms with Crippen molar-refractivity contribution in [3.05, 3.63) is 48.8 Å². The number of nitrogens with zero attached hydrogens (tertiary/aromatic N) is 2. The lowest BCUT2D eigenvalue weighted by molar-refractivity contribution is -0.136. The molecule has 3 N–H and O–H groups in total. The molecule has 0 spiro atoms. The molecule has 27 heavy (non-hydrogen) atoms. The number of benzene rings is 1. The van der Waals surface area contributed by atoms with Crippen LogP contribution in [0.3, 0.4) is 0 Å². The molecule has 1 heterocycles. The number of methoxy groups -OCH3 is 1. The van der Waals surface area contributed by atoms with Crippen LogP contribution in [0.2, 0.25) is 0 Å². The normalized spacial score (nSPS) is 10.7. The first-order valence-corrected chi connectivity index (χ1v) is 7.97. The molecule has 0 aliphatic heterocycles. The Morgan fingerprint density at radius 3 is 2.56 bits per heavy atom. The van der Waals surface area contributed by atoms with Crippen molar-refractivity contribution in [3.8, 4) is 5.75 Å². The zero-order chi connectivity index (χ0) is 19.6. The number of ether oxygens (including phenoxy) is 1. The molecule has 0 saturated heterocycles. The van der Waals surface area contributed by atoms with Crippen LogP contribution >= 0.6 is 0 Å². The van der Waals surface area contributed by atoms with Crippen LogP contribution in [-0.4, -0.2) is 35.5 Å². The quantitative estimate of drug-likeness (QED) is 0.405. The van der Waals surface area contributed by atoms with Gasteiger partial charge in [0.2, 0.25) is 5.91 Å². The van der Waals surface area contributed by atoms with E-state index in [1.807, 2.05) is 0 Å². The van der Waals surface area contributed by atoms with Crippen LogP contribution in [0.4, 0.5) is 11.4 Å². The maximum atomic E-state index is 11.9. The summed E-state index contributed by atoms with van der Waals surface area (Å²) in [6.45, 7) is 1.56. The van der Waals surface area contributed by atoms with Crippen LogP contribution in [0.25, 0.3) is 0 Å². The van der Waals surface area contributed by atoms with Crippen LogP contribution in [0.1, 0.15) is 13.3 Å². The van der Waals surface area contributed by atoms with Gasteiger partial charge in [-0.15, -0.1) is 0 Å². The lowest BCUT2D eigenvalue weighted by atomic mass is 10.3. The molecule has 9 heteroatoms. The van der Waals surface area contributed by atoms with Gasteiger partial charge in [-0.25, -0.2) is 5.43 Å². The Labute approximate surface area is 155 Å². The molecule has 0 aliphatic carbocycles. The molecule has 0 atom stereocenters. The number of para-hydroxylation sites is 2. The zero-order valence-corrected chi connectivity index (χ0v) is 14.9. The van der Waals surface area contributed by atoms with E-state index in [1.165, 1.54) is 13.3 Å². The summed E-state index contributed by atoms with van der Waals surface area (Å²) in [5.74, 6) is -1.77. The van der Waals surface area contributed by atoms with Gasteiger partial charge in [-0.1, -0.05) is 12.1 Å². The monoisotopic (exact) mass is 369 g/mol. The number of pyridine rings is 1. The van der Waals surface area contributed by atoms with E-state index < -0.39 is 11.8 Å². The minimum absolute atomic E-state index is 0.0523. The van der Waals surface area contributed by atoms with Crippen LogP contribution in [-0.2, 0) is 14.4 Å². The van der Waals surface area contributed by atoms with Crippen molar-refractivity contribution in [3.63, 3.8) is 0 Å². The first-order valence-electron chi connectivity index (χ1n) is 7.97. The SMILES string of the molecule is COc1ccccc1NC(=O)C(=O)NN=C(C)CC(=O)Nc1cccnc1. The average Bonchev–Trinajstić information content (AvgIpc) is 2.67. The zero-order valence-electron chi connectivity index (χ0n) is 14.9. The third-order valence-electron chi connectivity index (χ3n) is 3.27. The van der Waals surface area contributed by atoms with Crippen LogP contribution < -0.4 is 20.8 Å². The summed E-state index contributed by atoms with van der Waals surface area (Å²) in [7, 11) is 1.45. The van der Waals surface area contributed by atoms with Crippen molar-refractivity contribution in [2.24, 2.45) is 5.10 Å². The highest BCUT2D eigenvalue weighted by Crippen LogP contribution is 2.22. The van der Waals surface area contributed by atoms with E-state index >= 15 is 0 Å². The lowest BCUT2D eigenvalue weighted by Crippen LogP contribution is -2.33. The number of hydrogen-bond acceptors (Lipinski definition) is 6.